The van der Waals surface area contributed by atoms with E-state index in [1.807, 2.05) is 54.6 Å². The lowest BCUT2D eigenvalue weighted by Gasteiger charge is -2.20. The number of benzene rings is 2. The van der Waals surface area contributed by atoms with Gasteiger partial charge in [-0.15, -0.1) is 0 Å². The van der Waals surface area contributed by atoms with Gasteiger partial charge < -0.3 is 4.74 Å². The summed E-state index contributed by atoms with van der Waals surface area (Å²) < 4.78 is 36.0. The van der Waals surface area contributed by atoms with Crippen LogP contribution in [-0.4, -0.2) is 25.3 Å². The molecule has 0 saturated heterocycles. The molecule has 1 atom stereocenters. The van der Waals surface area contributed by atoms with Crippen molar-refractivity contribution in [2.75, 3.05) is 7.11 Å². The van der Waals surface area contributed by atoms with E-state index < -0.39 is 16.1 Å². The first kappa shape index (κ1) is 19.1. The minimum Gasteiger partial charge on any atom is -0.497 e. The molecule has 27 heavy (non-hydrogen) atoms. The summed E-state index contributed by atoms with van der Waals surface area (Å²) in [4.78, 5) is 0.222. The van der Waals surface area contributed by atoms with E-state index >= 15 is 0 Å². The number of rotatable bonds is 6. The second-order valence-electron chi connectivity index (χ2n) is 6.36. The second-order valence-corrected chi connectivity index (χ2v) is 8.01. The Labute approximate surface area is 159 Å². The number of methoxy groups -OCH3 is 1. The first-order valence-electron chi connectivity index (χ1n) is 8.55. The smallest absolute Gasteiger partial charge is 0.245 e. The zero-order valence-electron chi connectivity index (χ0n) is 15.8. The van der Waals surface area contributed by atoms with Crippen molar-refractivity contribution < 1.29 is 13.2 Å². The average Bonchev–Trinajstić information content (AvgIpc) is 2.93. The minimum atomic E-state index is -3.78. The topological polar surface area (TPSA) is 73.2 Å². The van der Waals surface area contributed by atoms with E-state index in [9.17, 15) is 8.42 Å². The number of hydrogen-bond acceptors (Lipinski definition) is 4. The van der Waals surface area contributed by atoms with Crippen molar-refractivity contribution in [1.82, 2.24) is 14.5 Å². The van der Waals surface area contributed by atoms with Crippen LogP contribution in [0.1, 0.15) is 28.6 Å². The van der Waals surface area contributed by atoms with Gasteiger partial charge in [-0.05, 0) is 37.1 Å². The molecule has 0 bridgehead atoms. The maximum atomic E-state index is 13.2. The van der Waals surface area contributed by atoms with Crippen molar-refractivity contribution >= 4 is 10.0 Å². The van der Waals surface area contributed by atoms with Crippen LogP contribution in [0.15, 0.2) is 59.5 Å². The Morgan fingerprint density at radius 2 is 1.59 bits per heavy atom. The van der Waals surface area contributed by atoms with Gasteiger partial charge in [0.2, 0.25) is 10.0 Å². The molecule has 0 spiro atoms. The summed E-state index contributed by atoms with van der Waals surface area (Å²) in [6, 6.07) is 16.3. The molecule has 0 radical (unpaired) electrons. The lowest BCUT2D eigenvalue weighted by Crippen LogP contribution is -2.30. The van der Waals surface area contributed by atoms with Gasteiger partial charge in [0, 0.05) is 7.05 Å². The van der Waals surface area contributed by atoms with Gasteiger partial charge in [-0.3, -0.25) is 4.68 Å². The van der Waals surface area contributed by atoms with E-state index in [0.29, 0.717) is 17.1 Å². The Hall–Kier alpha value is -2.64. The quantitative estimate of drug-likeness (QED) is 0.708. The molecule has 2 aromatic carbocycles. The molecule has 1 aromatic heterocycles. The van der Waals surface area contributed by atoms with Crippen LogP contribution in [0.5, 0.6) is 5.75 Å². The SMILES string of the molecule is COc1ccc(C(NS(=O)(=O)c2c(C)nn(C)c2C)c2ccccc2)cc1. The van der Waals surface area contributed by atoms with Crippen molar-refractivity contribution in [1.29, 1.82) is 0 Å². The third-order valence-electron chi connectivity index (χ3n) is 4.57. The Balaban J connectivity index is 2.05. The van der Waals surface area contributed by atoms with Crippen LogP contribution < -0.4 is 9.46 Å². The predicted molar refractivity (Wildman–Crippen MR) is 104 cm³/mol. The van der Waals surface area contributed by atoms with Gasteiger partial charge in [0.05, 0.1) is 24.5 Å². The molecular weight excluding hydrogens is 362 g/mol. The van der Waals surface area contributed by atoms with Gasteiger partial charge in [-0.1, -0.05) is 42.5 Å². The first-order valence-corrected chi connectivity index (χ1v) is 10.0. The molecule has 142 valence electrons. The summed E-state index contributed by atoms with van der Waals surface area (Å²) in [7, 11) is -0.443. The zero-order chi connectivity index (χ0) is 19.6. The predicted octanol–water partition coefficient (Wildman–Crippen LogP) is 3.11. The van der Waals surface area contributed by atoms with E-state index in [1.165, 1.54) is 0 Å². The molecule has 3 aromatic rings. The number of aryl methyl sites for hydroxylation is 2. The van der Waals surface area contributed by atoms with Crippen molar-refractivity contribution in [3.8, 4) is 5.75 Å². The fraction of sp³-hybridized carbons (Fsp3) is 0.250. The van der Waals surface area contributed by atoms with Crippen LogP contribution in [0.2, 0.25) is 0 Å². The monoisotopic (exact) mass is 385 g/mol. The summed E-state index contributed by atoms with van der Waals surface area (Å²) in [5.41, 5.74) is 2.75. The van der Waals surface area contributed by atoms with E-state index in [2.05, 4.69) is 9.82 Å². The third kappa shape index (κ3) is 3.89. The highest BCUT2D eigenvalue weighted by atomic mass is 32.2. The summed E-state index contributed by atoms with van der Waals surface area (Å²) >= 11 is 0. The molecule has 0 aliphatic heterocycles. The van der Waals surface area contributed by atoms with E-state index in [4.69, 9.17) is 4.74 Å². The number of hydrogen-bond donors (Lipinski definition) is 1. The maximum absolute atomic E-state index is 13.2. The molecule has 1 N–H and O–H groups in total. The third-order valence-corrected chi connectivity index (χ3v) is 6.24. The van der Waals surface area contributed by atoms with Crippen LogP contribution in [0, 0.1) is 13.8 Å². The second kappa shape index (κ2) is 7.54. The molecule has 7 heteroatoms. The van der Waals surface area contributed by atoms with E-state index in [1.54, 1.807) is 32.7 Å². The largest absolute Gasteiger partial charge is 0.497 e. The number of nitrogens with one attached hydrogen (secondary N) is 1. The van der Waals surface area contributed by atoms with Crippen LogP contribution in [0.25, 0.3) is 0 Å². The van der Waals surface area contributed by atoms with Gasteiger partial charge in [0.15, 0.2) is 0 Å². The van der Waals surface area contributed by atoms with Crippen molar-refractivity contribution in [3.05, 3.63) is 77.1 Å². The molecule has 1 unspecified atom stereocenters. The lowest BCUT2D eigenvalue weighted by atomic mass is 10.00. The number of sulfonamides is 1. The molecule has 1 heterocycles. The fourth-order valence-electron chi connectivity index (χ4n) is 3.13. The zero-order valence-corrected chi connectivity index (χ0v) is 16.6. The number of aromatic nitrogens is 2. The molecule has 6 nitrogen and oxygen atoms in total. The van der Waals surface area contributed by atoms with Crippen LogP contribution in [-0.2, 0) is 17.1 Å². The lowest BCUT2D eigenvalue weighted by molar-refractivity contribution is 0.414. The van der Waals surface area contributed by atoms with Gasteiger partial charge in [-0.25, -0.2) is 8.42 Å². The van der Waals surface area contributed by atoms with Gasteiger partial charge in [-0.2, -0.15) is 9.82 Å². The molecule has 0 aliphatic rings. The van der Waals surface area contributed by atoms with Gasteiger partial charge >= 0.3 is 0 Å². The first-order chi connectivity index (χ1) is 12.8. The average molecular weight is 385 g/mol. The Kier molecular flexibility index (Phi) is 5.34. The molecule has 0 saturated carbocycles. The molecule has 3 rings (SSSR count). The maximum Gasteiger partial charge on any atom is 0.245 e. The number of nitrogens with zero attached hydrogens (tertiary/aromatic N) is 2. The molecule has 0 fully saturated rings. The van der Waals surface area contributed by atoms with E-state index in [0.717, 1.165) is 11.1 Å². The summed E-state index contributed by atoms with van der Waals surface area (Å²) in [6.07, 6.45) is 0. The minimum absolute atomic E-state index is 0.222. The Bertz CT molecular complexity index is 1030. The highest BCUT2D eigenvalue weighted by Crippen LogP contribution is 2.28. The fourth-order valence-corrected chi connectivity index (χ4v) is 4.78. The summed E-state index contributed by atoms with van der Waals surface area (Å²) in [5, 5.41) is 4.23. The summed E-state index contributed by atoms with van der Waals surface area (Å²) in [5.74, 6) is 0.715. The van der Waals surface area contributed by atoms with Crippen molar-refractivity contribution in [3.63, 3.8) is 0 Å². The van der Waals surface area contributed by atoms with Crippen molar-refractivity contribution in [2.45, 2.75) is 24.8 Å². The molecule has 0 aliphatic carbocycles. The van der Waals surface area contributed by atoms with Crippen LogP contribution >= 0.6 is 0 Å². The molecule has 0 amide bonds. The normalized spacial score (nSPS) is 12.7. The van der Waals surface area contributed by atoms with Gasteiger partial charge in [0.25, 0.3) is 0 Å². The Morgan fingerprint density at radius 3 is 2.11 bits per heavy atom. The van der Waals surface area contributed by atoms with E-state index in [-0.39, 0.29) is 4.90 Å². The van der Waals surface area contributed by atoms with Crippen molar-refractivity contribution in [2.24, 2.45) is 7.05 Å². The highest BCUT2D eigenvalue weighted by molar-refractivity contribution is 7.89. The Morgan fingerprint density at radius 1 is 1.00 bits per heavy atom. The summed E-state index contributed by atoms with van der Waals surface area (Å²) in [6.45, 7) is 3.45. The highest BCUT2D eigenvalue weighted by Gasteiger charge is 2.28. The van der Waals surface area contributed by atoms with Gasteiger partial charge in [0.1, 0.15) is 10.6 Å². The van der Waals surface area contributed by atoms with Crippen LogP contribution in [0.4, 0.5) is 0 Å². The standard InChI is InChI=1S/C20H23N3O3S/c1-14-20(15(2)23(3)21-14)27(24,25)22-19(16-8-6-5-7-9-16)17-10-12-18(26-4)13-11-17/h5-13,19,22H,1-4H3. The van der Waals surface area contributed by atoms with Crippen LogP contribution in [0.3, 0.4) is 0 Å². The number of ether oxygens (including phenoxy) is 1. The molecular formula is C20H23N3O3S.